The minimum atomic E-state index is -0.788. The van der Waals surface area contributed by atoms with Crippen LogP contribution < -0.4 is 10.1 Å². The molecule has 0 saturated heterocycles. The van der Waals surface area contributed by atoms with Gasteiger partial charge >= 0.3 is 5.97 Å². The molecule has 0 radical (unpaired) electrons. The molecule has 1 amide bonds. The van der Waals surface area contributed by atoms with Gasteiger partial charge in [-0.25, -0.2) is 4.79 Å². The molecule has 1 atom stereocenters. The Morgan fingerprint density at radius 1 is 1.30 bits per heavy atom. The van der Waals surface area contributed by atoms with E-state index >= 15 is 0 Å². The molecule has 2 aromatic rings. The van der Waals surface area contributed by atoms with Crippen molar-refractivity contribution in [3.63, 3.8) is 0 Å². The zero-order valence-electron chi connectivity index (χ0n) is 15.2. The molecule has 140 valence electrons. The molecule has 1 N–H and O–H groups in total. The van der Waals surface area contributed by atoms with Crippen LogP contribution in [-0.4, -0.2) is 25.1 Å². The number of anilines is 1. The van der Waals surface area contributed by atoms with E-state index in [1.165, 1.54) is 18.4 Å². The number of nitrogens with one attached hydrogen (secondary N) is 1. The highest BCUT2D eigenvalue weighted by atomic mass is 32.1. The topological polar surface area (TPSA) is 88.4 Å². The van der Waals surface area contributed by atoms with Gasteiger partial charge in [-0.2, -0.15) is 5.26 Å². The Morgan fingerprint density at radius 2 is 2.07 bits per heavy atom. The van der Waals surface area contributed by atoms with E-state index in [-0.39, 0.29) is 5.91 Å². The fourth-order valence-corrected chi connectivity index (χ4v) is 4.36. The number of amides is 1. The van der Waals surface area contributed by atoms with Gasteiger partial charge in [0.25, 0.3) is 5.91 Å². The molecule has 0 bridgehead atoms. The number of hydrogen-bond acceptors (Lipinski definition) is 6. The molecular weight excluding hydrogens is 364 g/mol. The Balaban J connectivity index is 1.78. The van der Waals surface area contributed by atoms with Crippen LogP contribution in [-0.2, 0) is 22.4 Å². The molecule has 1 aliphatic rings. The summed E-state index contributed by atoms with van der Waals surface area (Å²) in [4.78, 5) is 26.0. The zero-order chi connectivity index (χ0) is 19.4. The van der Waals surface area contributed by atoms with E-state index in [9.17, 15) is 9.59 Å². The summed E-state index contributed by atoms with van der Waals surface area (Å²) >= 11 is 1.43. The summed E-state index contributed by atoms with van der Waals surface area (Å²) in [6.07, 6.45) is 3.04. The minimum Gasteiger partial charge on any atom is -0.481 e. The molecule has 0 fully saturated rings. The summed E-state index contributed by atoms with van der Waals surface area (Å²) in [5.74, 6) is -0.350. The summed E-state index contributed by atoms with van der Waals surface area (Å²) in [6.45, 7) is 1.62. The number of carbonyl (C=O) groups excluding carboxylic acids is 2. The number of fused-ring (bicyclic) bond motifs is 1. The smallest absolute Gasteiger partial charge is 0.341 e. The molecular formula is C20H20N2O4S. The molecule has 0 aliphatic heterocycles. The number of aryl methyl sites for hydroxylation is 1. The molecule has 0 spiro atoms. The Hall–Kier alpha value is -2.85. The Kier molecular flexibility index (Phi) is 5.77. The maximum absolute atomic E-state index is 12.6. The predicted molar refractivity (Wildman–Crippen MR) is 102 cm³/mol. The van der Waals surface area contributed by atoms with Crippen LogP contribution >= 0.6 is 11.3 Å². The van der Waals surface area contributed by atoms with Crippen LogP contribution in [0, 0.1) is 11.3 Å². The highest BCUT2D eigenvalue weighted by molar-refractivity contribution is 7.17. The second kappa shape index (κ2) is 8.23. The normalized spacial score (nSPS) is 13.8. The van der Waals surface area contributed by atoms with Gasteiger partial charge in [0.15, 0.2) is 6.10 Å². The van der Waals surface area contributed by atoms with Gasteiger partial charge in [0.1, 0.15) is 10.8 Å². The number of ether oxygens (including phenoxy) is 2. The number of thiophene rings is 1. The molecule has 1 aromatic heterocycles. The average Bonchev–Trinajstić information content (AvgIpc) is 3.05. The van der Waals surface area contributed by atoms with E-state index in [4.69, 9.17) is 14.7 Å². The van der Waals surface area contributed by atoms with Crippen molar-refractivity contribution in [2.45, 2.75) is 38.7 Å². The van der Waals surface area contributed by atoms with Crippen LogP contribution in [0.1, 0.15) is 46.1 Å². The van der Waals surface area contributed by atoms with Gasteiger partial charge in [0, 0.05) is 4.88 Å². The first-order chi connectivity index (χ1) is 13.0. The van der Waals surface area contributed by atoms with Crippen molar-refractivity contribution >= 4 is 28.2 Å². The second-order valence-corrected chi connectivity index (χ2v) is 7.40. The fourth-order valence-electron chi connectivity index (χ4n) is 3.08. The number of nitriles is 1. The van der Waals surface area contributed by atoms with Crippen molar-refractivity contribution in [3.8, 4) is 11.8 Å². The molecule has 0 saturated carbocycles. The summed E-state index contributed by atoms with van der Waals surface area (Å²) in [6, 6.07) is 8.66. The van der Waals surface area contributed by atoms with Crippen molar-refractivity contribution < 1.29 is 19.1 Å². The Bertz CT molecular complexity index is 913. The Labute approximate surface area is 161 Å². The Morgan fingerprint density at radius 3 is 2.81 bits per heavy atom. The average molecular weight is 384 g/mol. The summed E-state index contributed by atoms with van der Waals surface area (Å²) < 4.78 is 10.6. The van der Waals surface area contributed by atoms with Gasteiger partial charge in [0.2, 0.25) is 0 Å². The number of rotatable bonds is 5. The SMILES string of the molecule is COC(=O)c1c(NC(=O)C(C)Oc2cccc(C#N)c2)sc2c1CCCC2. The second-order valence-electron chi connectivity index (χ2n) is 6.30. The lowest BCUT2D eigenvalue weighted by Crippen LogP contribution is -2.30. The van der Waals surface area contributed by atoms with E-state index in [2.05, 4.69) is 5.32 Å². The van der Waals surface area contributed by atoms with Crippen LogP contribution in [0.15, 0.2) is 24.3 Å². The lowest BCUT2D eigenvalue weighted by Gasteiger charge is -2.15. The third kappa shape index (κ3) is 4.12. The van der Waals surface area contributed by atoms with E-state index in [1.54, 1.807) is 31.2 Å². The lowest BCUT2D eigenvalue weighted by atomic mass is 9.95. The lowest BCUT2D eigenvalue weighted by molar-refractivity contribution is -0.122. The molecule has 1 aliphatic carbocycles. The molecule has 1 unspecified atom stereocenters. The van der Waals surface area contributed by atoms with Gasteiger partial charge in [-0.3, -0.25) is 4.79 Å². The van der Waals surface area contributed by atoms with Crippen LogP contribution in [0.4, 0.5) is 5.00 Å². The standard InChI is InChI=1S/C20H20N2O4S/c1-12(26-14-7-5-6-13(10-14)11-21)18(23)22-19-17(20(24)25-2)15-8-3-4-9-16(15)27-19/h5-7,10,12H,3-4,8-9H2,1-2H3,(H,22,23). The number of benzene rings is 1. The van der Waals surface area contributed by atoms with E-state index in [1.807, 2.05) is 6.07 Å². The van der Waals surface area contributed by atoms with Crippen LogP contribution in [0.25, 0.3) is 0 Å². The molecule has 1 heterocycles. The number of carbonyl (C=O) groups is 2. The minimum absolute atomic E-state index is 0.360. The van der Waals surface area contributed by atoms with E-state index in [0.29, 0.717) is 21.9 Å². The maximum atomic E-state index is 12.6. The zero-order valence-corrected chi connectivity index (χ0v) is 16.0. The van der Waals surface area contributed by atoms with Gasteiger partial charge in [-0.15, -0.1) is 11.3 Å². The quantitative estimate of drug-likeness (QED) is 0.794. The van der Waals surface area contributed by atoms with Crippen LogP contribution in [0.5, 0.6) is 5.75 Å². The predicted octanol–water partition coefficient (Wildman–Crippen LogP) is 3.69. The van der Waals surface area contributed by atoms with Crippen LogP contribution in [0.3, 0.4) is 0 Å². The third-order valence-electron chi connectivity index (χ3n) is 4.44. The molecule has 7 heteroatoms. The van der Waals surface area contributed by atoms with Crippen molar-refractivity contribution in [3.05, 3.63) is 45.8 Å². The van der Waals surface area contributed by atoms with Gasteiger partial charge in [-0.1, -0.05) is 6.07 Å². The molecule has 27 heavy (non-hydrogen) atoms. The number of hydrogen-bond donors (Lipinski definition) is 1. The van der Waals surface area contributed by atoms with E-state index in [0.717, 1.165) is 36.1 Å². The van der Waals surface area contributed by atoms with Gasteiger partial charge in [-0.05, 0) is 56.4 Å². The van der Waals surface area contributed by atoms with Crippen molar-refractivity contribution in [2.75, 3.05) is 12.4 Å². The number of esters is 1. The number of nitrogens with zero attached hydrogens (tertiary/aromatic N) is 1. The highest BCUT2D eigenvalue weighted by Gasteiger charge is 2.28. The largest absolute Gasteiger partial charge is 0.481 e. The number of methoxy groups -OCH3 is 1. The van der Waals surface area contributed by atoms with Crippen molar-refractivity contribution in [1.29, 1.82) is 5.26 Å². The van der Waals surface area contributed by atoms with Crippen molar-refractivity contribution in [1.82, 2.24) is 0 Å². The molecule has 6 nitrogen and oxygen atoms in total. The van der Waals surface area contributed by atoms with Crippen molar-refractivity contribution in [2.24, 2.45) is 0 Å². The monoisotopic (exact) mass is 384 g/mol. The molecule has 3 rings (SSSR count). The first-order valence-electron chi connectivity index (χ1n) is 8.74. The van der Waals surface area contributed by atoms with Gasteiger partial charge < -0.3 is 14.8 Å². The van der Waals surface area contributed by atoms with E-state index < -0.39 is 12.1 Å². The summed E-state index contributed by atoms with van der Waals surface area (Å²) in [5.41, 5.74) is 1.91. The summed E-state index contributed by atoms with van der Waals surface area (Å²) in [7, 11) is 1.34. The third-order valence-corrected chi connectivity index (χ3v) is 5.65. The maximum Gasteiger partial charge on any atom is 0.341 e. The molecule has 1 aromatic carbocycles. The first-order valence-corrected chi connectivity index (χ1v) is 9.55. The van der Waals surface area contributed by atoms with Gasteiger partial charge in [0.05, 0.1) is 24.3 Å². The summed E-state index contributed by atoms with van der Waals surface area (Å²) in [5, 5.41) is 12.3. The highest BCUT2D eigenvalue weighted by Crippen LogP contribution is 2.38. The van der Waals surface area contributed by atoms with Crippen LogP contribution in [0.2, 0.25) is 0 Å². The fraction of sp³-hybridized carbons (Fsp3) is 0.350. The first kappa shape index (κ1) is 18.9.